The Morgan fingerprint density at radius 3 is 3.08 bits per heavy atom. The van der Waals surface area contributed by atoms with Crippen LogP contribution in [0.1, 0.15) is 0 Å². The number of likely N-dealkylation sites (N-methyl/N-ethyl adjacent to an activating group) is 1. The van der Waals surface area contributed by atoms with Crippen LogP contribution in [0.4, 0.5) is 10.1 Å². The third-order valence-corrected chi connectivity index (χ3v) is 2.01. The number of hydrogen-bond acceptors (Lipinski definition) is 2. The molecule has 0 fully saturated rings. The Hall–Kier alpha value is -1.58. The van der Waals surface area contributed by atoms with Gasteiger partial charge in [0.15, 0.2) is 12.4 Å². The average molecular weight is 181 g/mol. The quantitative estimate of drug-likeness (QED) is 0.601. The van der Waals surface area contributed by atoms with Crippen LogP contribution in [0.25, 0.3) is 0 Å². The van der Waals surface area contributed by atoms with Crippen LogP contribution in [0.3, 0.4) is 0 Å². The molecule has 0 aromatic heterocycles. The summed E-state index contributed by atoms with van der Waals surface area (Å²) in [7, 11) is 1.53. The van der Waals surface area contributed by atoms with Gasteiger partial charge in [-0.2, -0.15) is 0 Å². The summed E-state index contributed by atoms with van der Waals surface area (Å²) in [5.41, 5.74) is 0.221. The zero-order valence-electron chi connectivity index (χ0n) is 7.08. The molecule has 1 aromatic carbocycles. The van der Waals surface area contributed by atoms with Crippen molar-refractivity contribution in [1.29, 1.82) is 0 Å². The average Bonchev–Trinajstić information content (AvgIpc) is 2.12. The SMILES string of the molecule is CN1C(=O)COc2cccc(F)c21. The molecule has 4 heteroatoms. The first kappa shape index (κ1) is 8.04. The smallest absolute Gasteiger partial charge is 0.264 e. The molecule has 1 heterocycles. The summed E-state index contributed by atoms with van der Waals surface area (Å²) in [5, 5.41) is 0. The van der Waals surface area contributed by atoms with E-state index < -0.39 is 5.82 Å². The largest absolute Gasteiger partial charge is 0.481 e. The summed E-state index contributed by atoms with van der Waals surface area (Å²) < 4.78 is 18.3. The molecule has 13 heavy (non-hydrogen) atoms. The number of hydrogen-bond donors (Lipinski definition) is 0. The van der Waals surface area contributed by atoms with E-state index in [9.17, 15) is 9.18 Å². The van der Waals surface area contributed by atoms with Crippen LogP contribution in [0.5, 0.6) is 5.75 Å². The van der Waals surface area contributed by atoms with Crippen LogP contribution in [-0.4, -0.2) is 19.6 Å². The Labute approximate surface area is 74.7 Å². The van der Waals surface area contributed by atoms with Gasteiger partial charge < -0.3 is 9.64 Å². The highest BCUT2D eigenvalue weighted by Crippen LogP contribution is 2.33. The van der Waals surface area contributed by atoms with Gasteiger partial charge in [0.25, 0.3) is 5.91 Å². The van der Waals surface area contributed by atoms with E-state index in [2.05, 4.69) is 0 Å². The fourth-order valence-corrected chi connectivity index (χ4v) is 1.30. The number of carbonyl (C=O) groups excluding carboxylic acids is 1. The number of rotatable bonds is 0. The third kappa shape index (κ3) is 1.14. The van der Waals surface area contributed by atoms with Gasteiger partial charge in [-0.15, -0.1) is 0 Å². The lowest BCUT2D eigenvalue weighted by Gasteiger charge is -2.25. The molecule has 0 bridgehead atoms. The summed E-state index contributed by atoms with van der Waals surface area (Å²) in [6.07, 6.45) is 0. The van der Waals surface area contributed by atoms with Gasteiger partial charge in [0.2, 0.25) is 0 Å². The first-order valence-corrected chi connectivity index (χ1v) is 3.88. The van der Waals surface area contributed by atoms with Crippen molar-refractivity contribution in [2.45, 2.75) is 0 Å². The van der Waals surface area contributed by atoms with Crippen LogP contribution >= 0.6 is 0 Å². The first-order chi connectivity index (χ1) is 6.20. The van der Waals surface area contributed by atoms with Gasteiger partial charge in [-0.25, -0.2) is 4.39 Å². The van der Waals surface area contributed by atoms with E-state index in [0.717, 1.165) is 0 Å². The molecule has 2 rings (SSSR count). The molecule has 0 radical (unpaired) electrons. The predicted molar refractivity (Wildman–Crippen MR) is 45.3 cm³/mol. The number of carbonyl (C=O) groups is 1. The first-order valence-electron chi connectivity index (χ1n) is 3.88. The van der Waals surface area contributed by atoms with Crippen LogP contribution in [0.15, 0.2) is 18.2 Å². The highest BCUT2D eigenvalue weighted by Gasteiger charge is 2.24. The Kier molecular flexibility index (Phi) is 1.69. The van der Waals surface area contributed by atoms with Crippen molar-refractivity contribution in [3.05, 3.63) is 24.0 Å². The Morgan fingerprint density at radius 1 is 1.54 bits per heavy atom. The standard InChI is InChI=1S/C9H8FNO2/c1-11-8(12)5-13-7-4-2-3-6(10)9(7)11/h2-4H,5H2,1H3. The van der Waals surface area contributed by atoms with E-state index in [4.69, 9.17) is 4.74 Å². The number of anilines is 1. The molecule has 1 aromatic rings. The zero-order chi connectivity index (χ0) is 9.42. The maximum absolute atomic E-state index is 13.2. The normalized spacial score (nSPS) is 15.2. The van der Waals surface area contributed by atoms with Crippen molar-refractivity contribution < 1.29 is 13.9 Å². The molecule has 0 atom stereocenters. The summed E-state index contributed by atoms with van der Waals surface area (Å²) in [5.74, 6) is -0.257. The van der Waals surface area contributed by atoms with Gasteiger partial charge in [0.1, 0.15) is 11.4 Å². The molecule has 3 nitrogen and oxygen atoms in total. The Bertz CT molecular complexity index is 365. The maximum Gasteiger partial charge on any atom is 0.264 e. The van der Waals surface area contributed by atoms with Crippen molar-refractivity contribution in [2.24, 2.45) is 0 Å². The van der Waals surface area contributed by atoms with E-state index in [1.165, 1.54) is 18.0 Å². The number of para-hydroxylation sites is 1. The van der Waals surface area contributed by atoms with Crippen LogP contribution < -0.4 is 9.64 Å². The molecular weight excluding hydrogens is 173 g/mol. The van der Waals surface area contributed by atoms with Gasteiger partial charge in [-0.1, -0.05) is 6.07 Å². The number of nitrogens with zero attached hydrogens (tertiary/aromatic N) is 1. The second-order valence-corrected chi connectivity index (χ2v) is 2.83. The van der Waals surface area contributed by atoms with Crippen molar-refractivity contribution in [3.63, 3.8) is 0 Å². The molecule has 0 unspecified atom stereocenters. The highest BCUT2D eigenvalue weighted by molar-refractivity contribution is 5.97. The molecule has 0 spiro atoms. The second kappa shape index (κ2) is 2.73. The second-order valence-electron chi connectivity index (χ2n) is 2.83. The Balaban J connectivity index is 2.57. The molecule has 0 N–H and O–H groups in total. The molecule has 1 amide bonds. The number of fused-ring (bicyclic) bond motifs is 1. The number of halogens is 1. The molecule has 0 saturated carbocycles. The molecule has 1 aliphatic heterocycles. The minimum atomic E-state index is -0.437. The monoisotopic (exact) mass is 181 g/mol. The lowest BCUT2D eigenvalue weighted by atomic mass is 10.2. The van der Waals surface area contributed by atoms with Gasteiger partial charge in [0.05, 0.1) is 0 Å². The minimum Gasteiger partial charge on any atom is -0.481 e. The van der Waals surface area contributed by atoms with E-state index in [-0.39, 0.29) is 18.2 Å². The van der Waals surface area contributed by atoms with Gasteiger partial charge in [0, 0.05) is 7.05 Å². The minimum absolute atomic E-state index is 0.0209. The molecule has 1 aliphatic rings. The van der Waals surface area contributed by atoms with Crippen LogP contribution in [0, 0.1) is 5.82 Å². The van der Waals surface area contributed by atoms with Gasteiger partial charge >= 0.3 is 0 Å². The molecule has 0 aliphatic carbocycles. The third-order valence-electron chi connectivity index (χ3n) is 2.01. The maximum atomic E-state index is 13.2. The number of amides is 1. The lowest BCUT2D eigenvalue weighted by Crippen LogP contribution is -2.36. The summed E-state index contributed by atoms with van der Waals surface area (Å²) in [6.45, 7) is -0.0209. The fourth-order valence-electron chi connectivity index (χ4n) is 1.30. The summed E-state index contributed by atoms with van der Waals surface area (Å²) in [6, 6.07) is 4.50. The van der Waals surface area contributed by atoms with Crippen molar-refractivity contribution in [3.8, 4) is 5.75 Å². The zero-order valence-corrected chi connectivity index (χ0v) is 7.08. The Morgan fingerprint density at radius 2 is 2.31 bits per heavy atom. The van der Waals surface area contributed by atoms with E-state index in [0.29, 0.717) is 5.75 Å². The van der Waals surface area contributed by atoms with E-state index in [1.807, 2.05) is 0 Å². The van der Waals surface area contributed by atoms with E-state index >= 15 is 0 Å². The number of benzene rings is 1. The van der Waals surface area contributed by atoms with Crippen LogP contribution in [-0.2, 0) is 4.79 Å². The topological polar surface area (TPSA) is 29.5 Å². The lowest BCUT2D eigenvalue weighted by molar-refractivity contribution is -0.121. The summed E-state index contributed by atoms with van der Waals surface area (Å²) >= 11 is 0. The molecular formula is C9H8FNO2. The fraction of sp³-hybridized carbons (Fsp3) is 0.222. The molecule has 68 valence electrons. The summed E-state index contributed by atoms with van der Waals surface area (Å²) in [4.78, 5) is 12.4. The molecule has 0 saturated heterocycles. The van der Waals surface area contributed by atoms with Crippen molar-refractivity contribution >= 4 is 11.6 Å². The van der Waals surface area contributed by atoms with E-state index in [1.54, 1.807) is 12.1 Å². The number of ether oxygens (including phenoxy) is 1. The van der Waals surface area contributed by atoms with Gasteiger partial charge in [-0.3, -0.25) is 4.79 Å². The van der Waals surface area contributed by atoms with Crippen molar-refractivity contribution in [1.82, 2.24) is 0 Å². The predicted octanol–water partition coefficient (Wildman–Crippen LogP) is 1.18. The van der Waals surface area contributed by atoms with Crippen LogP contribution in [0.2, 0.25) is 0 Å². The highest BCUT2D eigenvalue weighted by atomic mass is 19.1. The van der Waals surface area contributed by atoms with Crippen molar-refractivity contribution in [2.75, 3.05) is 18.6 Å². The van der Waals surface area contributed by atoms with Gasteiger partial charge in [-0.05, 0) is 12.1 Å².